The molecule has 4 unspecified atom stereocenters. The van der Waals surface area contributed by atoms with Crippen LogP contribution in [-0.4, -0.2) is 13.1 Å². The Bertz CT molecular complexity index is 263. The Balaban J connectivity index is 1.66. The lowest BCUT2D eigenvalue weighted by atomic mass is 9.65. The summed E-state index contributed by atoms with van der Waals surface area (Å²) in [6, 6.07) is 0.805. The van der Waals surface area contributed by atoms with Crippen LogP contribution >= 0.6 is 0 Å². The van der Waals surface area contributed by atoms with Crippen molar-refractivity contribution in [1.29, 1.82) is 0 Å². The normalized spacial score (nSPS) is 30.9. The Morgan fingerprint density at radius 3 is 2.33 bits per heavy atom. The molecule has 0 aromatic heterocycles. The molecule has 0 spiro atoms. The largest absolute Gasteiger partial charge is 0.317 e. The van der Waals surface area contributed by atoms with Gasteiger partial charge < -0.3 is 5.32 Å². The molecule has 2 rings (SSSR count). The number of fused-ring (bicyclic) bond motifs is 1. The Hall–Kier alpha value is -0.0400. The third-order valence-electron chi connectivity index (χ3n) is 6.39. The van der Waals surface area contributed by atoms with Gasteiger partial charge in [0.2, 0.25) is 0 Å². The Morgan fingerprint density at radius 1 is 0.857 bits per heavy atom. The molecular formula is C20H39N. The minimum absolute atomic E-state index is 0.805. The second-order valence-electron chi connectivity index (χ2n) is 7.83. The first-order valence-electron chi connectivity index (χ1n) is 10.0. The van der Waals surface area contributed by atoms with Crippen LogP contribution in [0, 0.1) is 17.8 Å². The molecule has 21 heavy (non-hydrogen) atoms. The second-order valence-corrected chi connectivity index (χ2v) is 7.83. The van der Waals surface area contributed by atoms with Crippen molar-refractivity contribution in [3.05, 3.63) is 0 Å². The van der Waals surface area contributed by atoms with Gasteiger partial charge in [-0.2, -0.15) is 0 Å². The van der Waals surface area contributed by atoms with Gasteiger partial charge in [0.15, 0.2) is 0 Å². The molecule has 124 valence electrons. The summed E-state index contributed by atoms with van der Waals surface area (Å²) in [6.07, 6.45) is 20.7. The van der Waals surface area contributed by atoms with E-state index in [-0.39, 0.29) is 0 Å². The highest BCUT2D eigenvalue weighted by Crippen LogP contribution is 2.44. The first-order chi connectivity index (χ1) is 10.3. The molecule has 2 aliphatic rings. The van der Waals surface area contributed by atoms with E-state index in [0.29, 0.717) is 0 Å². The zero-order chi connectivity index (χ0) is 14.9. The van der Waals surface area contributed by atoms with E-state index in [0.717, 1.165) is 23.8 Å². The van der Waals surface area contributed by atoms with Crippen molar-refractivity contribution >= 4 is 0 Å². The molecule has 0 aromatic carbocycles. The predicted molar refractivity (Wildman–Crippen MR) is 93.6 cm³/mol. The van der Waals surface area contributed by atoms with Gasteiger partial charge in [-0.3, -0.25) is 0 Å². The highest BCUT2D eigenvalue weighted by molar-refractivity contribution is 4.87. The fourth-order valence-electron chi connectivity index (χ4n) is 5.04. The Morgan fingerprint density at radius 2 is 1.57 bits per heavy atom. The van der Waals surface area contributed by atoms with Crippen molar-refractivity contribution < 1.29 is 0 Å². The summed E-state index contributed by atoms with van der Waals surface area (Å²) in [5.41, 5.74) is 0. The summed E-state index contributed by atoms with van der Waals surface area (Å²) in [6.45, 7) is 2.30. The van der Waals surface area contributed by atoms with Crippen LogP contribution in [0.1, 0.15) is 96.8 Å². The number of hydrogen-bond acceptors (Lipinski definition) is 1. The van der Waals surface area contributed by atoms with E-state index in [1.54, 1.807) is 6.42 Å². The Kier molecular flexibility index (Phi) is 8.14. The van der Waals surface area contributed by atoms with Crippen molar-refractivity contribution in [2.75, 3.05) is 7.05 Å². The van der Waals surface area contributed by atoms with Gasteiger partial charge in [0.1, 0.15) is 0 Å². The average molecular weight is 294 g/mol. The van der Waals surface area contributed by atoms with Crippen LogP contribution in [0.2, 0.25) is 0 Å². The number of rotatable bonds is 9. The molecule has 1 nitrogen and oxygen atoms in total. The van der Waals surface area contributed by atoms with Gasteiger partial charge in [0.05, 0.1) is 0 Å². The predicted octanol–water partition coefficient (Wildman–Crippen LogP) is 5.93. The first-order valence-corrected chi connectivity index (χ1v) is 10.0. The van der Waals surface area contributed by atoms with Crippen molar-refractivity contribution in [2.24, 2.45) is 17.8 Å². The first kappa shape index (κ1) is 17.3. The standard InChI is InChI=1S/C20H39N/c1-3-4-5-6-7-8-13-20(21-2)19-15-14-17-11-9-10-12-18(17)16-19/h17-21H,3-16H2,1-2H3. The third kappa shape index (κ3) is 5.58. The smallest absolute Gasteiger partial charge is 0.00924 e. The van der Waals surface area contributed by atoms with Crippen LogP contribution in [0.3, 0.4) is 0 Å². The van der Waals surface area contributed by atoms with Gasteiger partial charge >= 0.3 is 0 Å². The van der Waals surface area contributed by atoms with Gasteiger partial charge in [-0.1, -0.05) is 71.1 Å². The van der Waals surface area contributed by atoms with E-state index in [1.165, 1.54) is 83.5 Å². The molecular weight excluding hydrogens is 254 g/mol. The highest BCUT2D eigenvalue weighted by Gasteiger charge is 2.34. The number of hydrogen-bond donors (Lipinski definition) is 1. The SMILES string of the molecule is CCCCCCCCC(NC)C1CCC2CCCCC2C1. The summed E-state index contributed by atoms with van der Waals surface area (Å²) in [7, 11) is 2.20. The molecule has 2 fully saturated rings. The molecule has 1 heteroatoms. The zero-order valence-electron chi connectivity index (χ0n) is 14.7. The summed E-state index contributed by atoms with van der Waals surface area (Å²) >= 11 is 0. The quantitative estimate of drug-likeness (QED) is 0.519. The van der Waals surface area contributed by atoms with Crippen molar-refractivity contribution in [3.63, 3.8) is 0 Å². The van der Waals surface area contributed by atoms with E-state index in [4.69, 9.17) is 0 Å². The fourth-order valence-corrected chi connectivity index (χ4v) is 5.04. The van der Waals surface area contributed by atoms with E-state index in [1.807, 2.05) is 0 Å². The third-order valence-corrected chi connectivity index (χ3v) is 6.39. The van der Waals surface area contributed by atoms with Crippen molar-refractivity contribution in [1.82, 2.24) is 5.32 Å². The van der Waals surface area contributed by atoms with Crippen LogP contribution in [0.5, 0.6) is 0 Å². The average Bonchev–Trinajstić information content (AvgIpc) is 2.54. The lowest BCUT2D eigenvalue weighted by Gasteiger charge is -2.42. The molecule has 0 heterocycles. The van der Waals surface area contributed by atoms with Crippen LogP contribution in [0.15, 0.2) is 0 Å². The van der Waals surface area contributed by atoms with Gasteiger partial charge in [0.25, 0.3) is 0 Å². The number of nitrogens with one attached hydrogen (secondary N) is 1. The second kappa shape index (κ2) is 9.87. The summed E-state index contributed by atoms with van der Waals surface area (Å²) < 4.78 is 0. The van der Waals surface area contributed by atoms with Gasteiger partial charge in [-0.15, -0.1) is 0 Å². The van der Waals surface area contributed by atoms with Gasteiger partial charge in [0, 0.05) is 6.04 Å². The van der Waals surface area contributed by atoms with Crippen molar-refractivity contribution in [2.45, 2.75) is 103 Å². The fraction of sp³-hybridized carbons (Fsp3) is 1.00. The molecule has 2 saturated carbocycles. The molecule has 4 atom stereocenters. The lowest BCUT2D eigenvalue weighted by molar-refractivity contribution is 0.108. The molecule has 0 aromatic rings. The Labute approximate surface area is 133 Å². The summed E-state index contributed by atoms with van der Waals surface area (Å²) in [4.78, 5) is 0. The van der Waals surface area contributed by atoms with Crippen LogP contribution < -0.4 is 5.32 Å². The summed E-state index contributed by atoms with van der Waals surface area (Å²) in [5.74, 6) is 3.16. The summed E-state index contributed by atoms with van der Waals surface area (Å²) in [5, 5.41) is 3.67. The molecule has 0 radical (unpaired) electrons. The minimum Gasteiger partial charge on any atom is -0.317 e. The van der Waals surface area contributed by atoms with Crippen LogP contribution in [0.4, 0.5) is 0 Å². The number of unbranched alkanes of at least 4 members (excludes halogenated alkanes) is 5. The van der Waals surface area contributed by atoms with E-state index >= 15 is 0 Å². The molecule has 0 bridgehead atoms. The van der Waals surface area contributed by atoms with Gasteiger partial charge in [-0.25, -0.2) is 0 Å². The van der Waals surface area contributed by atoms with Gasteiger partial charge in [-0.05, 0) is 50.5 Å². The minimum atomic E-state index is 0.805. The molecule has 0 saturated heterocycles. The maximum absolute atomic E-state index is 3.67. The van der Waals surface area contributed by atoms with E-state index in [2.05, 4.69) is 19.3 Å². The maximum Gasteiger partial charge on any atom is 0.00924 e. The lowest BCUT2D eigenvalue weighted by Crippen LogP contribution is -2.39. The molecule has 1 N–H and O–H groups in total. The molecule has 0 aliphatic heterocycles. The highest BCUT2D eigenvalue weighted by atomic mass is 14.9. The monoisotopic (exact) mass is 293 g/mol. The van der Waals surface area contributed by atoms with Crippen LogP contribution in [0.25, 0.3) is 0 Å². The topological polar surface area (TPSA) is 12.0 Å². The van der Waals surface area contributed by atoms with Crippen molar-refractivity contribution in [3.8, 4) is 0 Å². The maximum atomic E-state index is 3.67. The van der Waals surface area contributed by atoms with E-state index < -0.39 is 0 Å². The zero-order valence-corrected chi connectivity index (χ0v) is 14.7. The molecule has 0 amide bonds. The van der Waals surface area contributed by atoms with E-state index in [9.17, 15) is 0 Å². The molecule has 2 aliphatic carbocycles. The van der Waals surface area contributed by atoms with Crippen LogP contribution in [-0.2, 0) is 0 Å².